The van der Waals surface area contributed by atoms with Crippen LogP contribution >= 0.6 is 15.9 Å². The Balaban J connectivity index is 2.23. The molecule has 1 N–H and O–H groups in total. The van der Waals surface area contributed by atoms with Gasteiger partial charge in [-0.1, -0.05) is 29.8 Å². The summed E-state index contributed by atoms with van der Waals surface area (Å²) in [5.74, 6) is 0.916. The van der Waals surface area contributed by atoms with Gasteiger partial charge in [0.05, 0.1) is 6.61 Å². The molecule has 0 atom stereocenters. The van der Waals surface area contributed by atoms with Crippen molar-refractivity contribution in [3.63, 3.8) is 0 Å². The summed E-state index contributed by atoms with van der Waals surface area (Å²) >= 11 is 3.40. The topological polar surface area (TPSA) is 29.5 Å². The maximum absolute atomic E-state index is 10.2. The van der Waals surface area contributed by atoms with Crippen molar-refractivity contribution in [1.82, 2.24) is 0 Å². The highest BCUT2D eigenvalue weighted by Crippen LogP contribution is 2.40. The number of rotatable bonds is 7. The Hall–Kier alpha value is -0.323. The Bertz CT molecular complexity index is 382. The highest BCUT2D eigenvalue weighted by atomic mass is 79.9. The maximum Gasteiger partial charge on any atom is 0.188 e. The first-order valence-corrected chi connectivity index (χ1v) is 10.6. The Kier molecular flexibility index (Phi) is 6.08. The smallest absolute Gasteiger partial charge is 0.188 e. The summed E-state index contributed by atoms with van der Waals surface area (Å²) in [5.41, 5.74) is 0. The fourth-order valence-electron chi connectivity index (χ4n) is 1.70. The zero-order valence-electron chi connectivity index (χ0n) is 12.4. The molecule has 0 aliphatic carbocycles. The van der Waals surface area contributed by atoms with Crippen molar-refractivity contribution in [1.29, 1.82) is 0 Å². The van der Waals surface area contributed by atoms with Crippen LogP contribution in [-0.2, 0) is 0 Å². The minimum atomic E-state index is -2.06. The van der Waals surface area contributed by atoms with E-state index in [9.17, 15) is 4.80 Å². The third-order valence-electron chi connectivity index (χ3n) is 3.93. The summed E-state index contributed by atoms with van der Waals surface area (Å²) in [7, 11) is -2.06. The fourth-order valence-corrected chi connectivity index (χ4v) is 2.75. The van der Waals surface area contributed by atoms with E-state index in [0.29, 0.717) is 0 Å². The van der Waals surface area contributed by atoms with E-state index in [1.54, 1.807) is 0 Å². The number of benzene rings is 1. The van der Waals surface area contributed by atoms with Gasteiger partial charge in [-0.25, -0.2) is 0 Å². The fraction of sp³-hybridized carbons (Fsp3) is 0.600. The van der Waals surface area contributed by atoms with Gasteiger partial charge >= 0.3 is 0 Å². The summed E-state index contributed by atoms with van der Waals surface area (Å²) < 4.78 is 6.76. The van der Waals surface area contributed by atoms with Gasteiger partial charge in [0.25, 0.3) is 0 Å². The molecular formula is C15H25BrO2Si. The molecule has 0 aliphatic heterocycles. The quantitative estimate of drug-likeness (QED) is 0.558. The Morgan fingerprint density at radius 3 is 2.26 bits per heavy atom. The first-order chi connectivity index (χ1) is 8.72. The zero-order chi connectivity index (χ0) is 14.5. The summed E-state index contributed by atoms with van der Waals surface area (Å²) in [4.78, 5) is 10.2. The van der Waals surface area contributed by atoms with Gasteiger partial charge in [-0.2, -0.15) is 0 Å². The number of hydrogen-bond acceptors (Lipinski definition) is 2. The molecule has 0 aromatic heterocycles. The second kappa shape index (κ2) is 6.91. The van der Waals surface area contributed by atoms with Crippen LogP contribution in [0.4, 0.5) is 0 Å². The van der Waals surface area contributed by atoms with Crippen molar-refractivity contribution in [2.24, 2.45) is 0 Å². The monoisotopic (exact) mass is 344 g/mol. The van der Waals surface area contributed by atoms with Gasteiger partial charge in [-0.05, 0) is 61.7 Å². The largest absolute Gasteiger partial charge is 0.494 e. The highest BCUT2D eigenvalue weighted by molar-refractivity contribution is 9.10. The van der Waals surface area contributed by atoms with E-state index in [-0.39, 0.29) is 5.04 Å². The third-order valence-corrected chi connectivity index (χ3v) is 8.03. The van der Waals surface area contributed by atoms with Crippen LogP contribution in [0.3, 0.4) is 0 Å². The average Bonchev–Trinajstić information content (AvgIpc) is 2.29. The first-order valence-electron chi connectivity index (χ1n) is 6.83. The predicted octanol–water partition coefficient (Wildman–Crippen LogP) is 4.98. The molecule has 1 aromatic rings. The molecule has 0 fully saturated rings. The van der Waals surface area contributed by atoms with Crippen LogP contribution in [0, 0.1) is 0 Å². The van der Waals surface area contributed by atoms with Crippen molar-refractivity contribution >= 4 is 24.2 Å². The van der Waals surface area contributed by atoms with Crippen LogP contribution in [0.1, 0.15) is 33.1 Å². The van der Waals surface area contributed by atoms with Crippen LogP contribution in [0.5, 0.6) is 5.75 Å². The predicted molar refractivity (Wildman–Crippen MR) is 87.2 cm³/mol. The molecule has 0 heterocycles. The summed E-state index contributed by atoms with van der Waals surface area (Å²) in [5, 5.41) is 0.0740. The molecular weight excluding hydrogens is 320 g/mol. The van der Waals surface area contributed by atoms with E-state index in [4.69, 9.17) is 4.74 Å². The Labute approximate surface area is 126 Å². The van der Waals surface area contributed by atoms with Crippen molar-refractivity contribution in [3.05, 3.63) is 28.7 Å². The summed E-state index contributed by atoms with van der Waals surface area (Å²) in [6, 6.07) is 7.91. The Morgan fingerprint density at radius 2 is 1.74 bits per heavy atom. The van der Waals surface area contributed by atoms with E-state index in [1.165, 1.54) is 0 Å². The molecule has 19 heavy (non-hydrogen) atoms. The van der Waals surface area contributed by atoms with E-state index in [2.05, 4.69) is 29.8 Å². The molecule has 0 amide bonds. The normalized spacial score (nSPS) is 12.5. The minimum absolute atomic E-state index is 0.0740. The first kappa shape index (κ1) is 16.7. The molecule has 4 heteroatoms. The lowest BCUT2D eigenvalue weighted by Crippen LogP contribution is -2.38. The minimum Gasteiger partial charge on any atom is -0.494 e. The number of ether oxygens (including phenoxy) is 1. The zero-order valence-corrected chi connectivity index (χ0v) is 15.0. The van der Waals surface area contributed by atoms with E-state index >= 15 is 0 Å². The molecule has 0 radical (unpaired) electrons. The molecule has 2 nitrogen and oxygen atoms in total. The van der Waals surface area contributed by atoms with E-state index in [0.717, 1.165) is 36.1 Å². The summed E-state index contributed by atoms with van der Waals surface area (Å²) in [6.45, 7) is 9.13. The highest BCUT2D eigenvalue weighted by Gasteiger charge is 2.37. The molecule has 1 rings (SSSR count). The second-order valence-corrected chi connectivity index (χ2v) is 11.6. The maximum atomic E-state index is 10.2. The lowest BCUT2D eigenvalue weighted by atomic mass is 10.1. The molecule has 0 aliphatic rings. The van der Waals surface area contributed by atoms with Crippen molar-refractivity contribution in [2.45, 2.75) is 51.2 Å². The molecule has 0 saturated heterocycles. The lowest BCUT2D eigenvalue weighted by molar-refractivity contribution is 0.300. The van der Waals surface area contributed by atoms with Crippen LogP contribution in [0.15, 0.2) is 28.7 Å². The van der Waals surface area contributed by atoms with Crippen LogP contribution < -0.4 is 4.74 Å². The summed E-state index contributed by atoms with van der Waals surface area (Å²) in [6.07, 6.45) is 3.19. The van der Waals surface area contributed by atoms with Gasteiger partial charge in [0, 0.05) is 4.47 Å². The van der Waals surface area contributed by atoms with Gasteiger partial charge in [0.15, 0.2) is 8.32 Å². The molecule has 0 spiro atoms. The number of hydrogen-bond donors (Lipinski definition) is 1. The molecule has 0 bridgehead atoms. The lowest BCUT2D eigenvalue weighted by Gasteiger charge is -2.35. The molecule has 0 saturated carbocycles. The van der Waals surface area contributed by atoms with Gasteiger partial charge in [0.1, 0.15) is 5.75 Å². The Morgan fingerprint density at radius 1 is 1.16 bits per heavy atom. The number of halogens is 1. The average molecular weight is 345 g/mol. The van der Waals surface area contributed by atoms with Crippen molar-refractivity contribution < 1.29 is 9.53 Å². The second-order valence-electron chi connectivity index (χ2n) is 6.20. The van der Waals surface area contributed by atoms with E-state index < -0.39 is 8.32 Å². The SMILES string of the molecule is CC(C)(CCCCOc1ccc(Br)cc1)[Si](C)(C)O. The standard InChI is InChI=1S/C15H25BrO2Si/c1-15(2,19(3,4)17)11-5-6-12-18-14-9-7-13(16)8-10-14/h7-10,17H,5-6,11-12H2,1-4H3. The van der Waals surface area contributed by atoms with Gasteiger partial charge in [0.2, 0.25) is 0 Å². The van der Waals surface area contributed by atoms with Gasteiger partial charge in [-0.15, -0.1) is 0 Å². The van der Waals surface area contributed by atoms with Crippen LogP contribution in [0.25, 0.3) is 0 Å². The van der Waals surface area contributed by atoms with Crippen LogP contribution in [0.2, 0.25) is 18.1 Å². The van der Waals surface area contributed by atoms with E-state index in [1.807, 2.05) is 37.4 Å². The third kappa shape index (κ3) is 5.67. The van der Waals surface area contributed by atoms with Crippen molar-refractivity contribution in [2.75, 3.05) is 6.61 Å². The molecule has 0 unspecified atom stereocenters. The van der Waals surface area contributed by atoms with Gasteiger partial charge < -0.3 is 9.53 Å². The van der Waals surface area contributed by atoms with Crippen LogP contribution in [-0.4, -0.2) is 19.7 Å². The van der Waals surface area contributed by atoms with Gasteiger partial charge in [-0.3, -0.25) is 0 Å². The molecule has 108 valence electrons. The molecule has 1 aromatic carbocycles. The number of unbranched alkanes of at least 4 members (excludes halogenated alkanes) is 1. The van der Waals surface area contributed by atoms with Crippen molar-refractivity contribution in [3.8, 4) is 5.75 Å².